The highest BCUT2D eigenvalue weighted by Gasteiger charge is 2.20. The van der Waals surface area contributed by atoms with Crippen molar-refractivity contribution in [2.24, 2.45) is 7.05 Å². The van der Waals surface area contributed by atoms with Crippen LogP contribution < -0.4 is 4.72 Å². The minimum Gasteiger partial charge on any atom is -0.343 e. The van der Waals surface area contributed by atoms with Crippen molar-refractivity contribution in [1.29, 1.82) is 0 Å². The lowest BCUT2D eigenvalue weighted by Crippen LogP contribution is -2.26. The Balaban J connectivity index is 1.78. The van der Waals surface area contributed by atoms with Crippen LogP contribution in [0.5, 0.6) is 0 Å². The van der Waals surface area contributed by atoms with Gasteiger partial charge in [0.2, 0.25) is 15.8 Å². The van der Waals surface area contributed by atoms with Crippen LogP contribution in [0, 0.1) is 6.92 Å². The maximum atomic E-state index is 12.9. The summed E-state index contributed by atoms with van der Waals surface area (Å²) in [6, 6.07) is 9.88. The minimum absolute atomic E-state index is 0.0641. The predicted octanol–water partition coefficient (Wildman–Crippen LogP) is 3.89. The van der Waals surface area contributed by atoms with Gasteiger partial charge in [-0.25, -0.2) is 13.1 Å². The van der Waals surface area contributed by atoms with Gasteiger partial charge in [-0.15, -0.1) is 0 Å². The summed E-state index contributed by atoms with van der Waals surface area (Å²) in [5.74, 6) is -0.382. The SMILES string of the molecule is Cc1cc(CNS(=O)(=O)Cc2cccnc2)n(C)c1C(=O)c1ccc(Cl)c(Cl)c1. The summed E-state index contributed by atoms with van der Waals surface area (Å²) in [6.45, 7) is 1.87. The molecule has 0 radical (unpaired) electrons. The maximum Gasteiger partial charge on any atom is 0.216 e. The van der Waals surface area contributed by atoms with Crippen LogP contribution in [0.2, 0.25) is 10.0 Å². The molecule has 1 aromatic carbocycles. The first-order valence-electron chi connectivity index (χ1n) is 8.69. The molecule has 3 aromatic rings. The number of carbonyl (C=O) groups excluding carboxylic acids is 1. The second kappa shape index (κ2) is 8.67. The molecule has 3 rings (SSSR count). The number of halogens is 2. The molecule has 152 valence electrons. The van der Waals surface area contributed by atoms with Crippen molar-refractivity contribution >= 4 is 39.0 Å². The number of hydrogen-bond acceptors (Lipinski definition) is 4. The molecular weight excluding hydrogens is 433 g/mol. The normalized spacial score (nSPS) is 11.6. The fraction of sp³-hybridized carbons (Fsp3) is 0.200. The Bertz CT molecular complexity index is 1160. The van der Waals surface area contributed by atoms with Gasteiger partial charge in [0.15, 0.2) is 0 Å². The standard InChI is InChI=1S/C20H19Cl2N3O3S/c1-13-8-16(11-24-29(27,28)12-14-4-3-7-23-10-14)25(2)19(13)20(26)15-5-6-17(21)18(22)9-15/h3-10,24H,11-12H2,1-2H3. The Kier molecular flexibility index (Phi) is 6.43. The van der Waals surface area contributed by atoms with E-state index in [2.05, 4.69) is 9.71 Å². The molecule has 0 amide bonds. The number of benzene rings is 1. The number of nitrogens with one attached hydrogen (secondary N) is 1. The summed E-state index contributed by atoms with van der Waals surface area (Å²) in [7, 11) is -1.83. The second-order valence-electron chi connectivity index (χ2n) is 6.63. The van der Waals surface area contributed by atoms with Crippen molar-refractivity contribution < 1.29 is 13.2 Å². The van der Waals surface area contributed by atoms with E-state index in [1.54, 1.807) is 55.1 Å². The number of hydrogen-bond donors (Lipinski definition) is 1. The average Bonchev–Trinajstić information content (AvgIpc) is 2.96. The lowest BCUT2D eigenvalue weighted by atomic mass is 10.1. The van der Waals surface area contributed by atoms with E-state index >= 15 is 0 Å². The van der Waals surface area contributed by atoms with E-state index in [9.17, 15) is 13.2 Å². The highest BCUT2D eigenvalue weighted by molar-refractivity contribution is 7.88. The molecule has 0 atom stereocenters. The van der Waals surface area contributed by atoms with Crippen LogP contribution in [-0.4, -0.2) is 23.8 Å². The summed E-state index contributed by atoms with van der Waals surface area (Å²) in [5.41, 5.74) is 2.88. The monoisotopic (exact) mass is 451 g/mol. The zero-order valence-electron chi connectivity index (χ0n) is 15.8. The van der Waals surface area contributed by atoms with Gasteiger partial charge in [-0.1, -0.05) is 29.3 Å². The molecule has 0 saturated carbocycles. The van der Waals surface area contributed by atoms with Gasteiger partial charge < -0.3 is 4.57 Å². The molecule has 0 aliphatic carbocycles. The zero-order chi connectivity index (χ0) is 21.2. The number of nitrogens with zero attached hydrogens (tertiary/aromatic N) is 2. The fourth-order valence-electron chi connectivity index (χ4n) is 3.04. The largest absolute Gasteiger partial charge is 0.343 e. The first-order chi connectivity index (χ1) is 13.7. The van der Waals surface area contributed by atoms with E-state index in [1.165, 1.54) is 12.3 Å². The molecule has 0 aliphatic heterocycles. The van der Waals surface area contributed by atoms with Crippen molar-refractivity contribution in [3.05, 3.63) is 86.9 Å². The van der Waals surface area contributed by atoms with Gasteiger partial charge in [-0.05, 0) is 48.4 Å². The van der Waals surface area contributed by atoms with Crippen molar-refractivity contribution in [2.75, 3.05) is 0 Å². The summed E-state index contributed by atoms with van der Waals surface area (Å²) < 4.78 is 29.0. The van der Waals surface area contributed by atoms with Gasteiger partial charge in [-0.3, -0.25) is 9.78 Å². The average molecular weight is 452 g/mol. The number of ketones is 1. The molecule has 0 aliphatic rings. The lowest BCUT2D eigenvalue weighted by Gasteiger charge is -2.10. The van der Waals surface area contributed by atoms with Crippen molar-refractivity contribution in [2.45, 2.75) is 19.2 Å². The Morgan fingerprint density at radius 3 is 2.59 bits per heavy atom. The summed E-state index contributed by atoms with van der Waals surface area (Å²) >= 11 is 11.9. The first kappa shape index (κ1) is 21.5. The van der Waals surface area contributed by atoms with E-state index in [-0.39, 0.29) is 18.1 Å². The molecule has 0 saturated heterocycles. The molecule has 0 fully saturated rings. The molecule has 9 heteroatoms. The summed E-state index contributed by atoms with van der Waals surface area (Å²) in [4.78, 5) is 16.9. The molecule has 0 bridgehead atoms. The Morgan fingerprint density at radius 2 is 1.93 bits per heavy atom. The maximum absolute atomic E-state index is 12.9. The third kappa shape index (κ3) is 5.05. The number of sulfonamides is 1. The number of aryl methyl sites for hydroxylation is 1. The van der Waals surface area contributed by atoms with Crippen LogP contribution in [0.4, 0.5) is 0 Å². The van der Waals surface area contributed by atoms with Crippen LogP contribution in [0.3, 0.4) is 0 Å². The van der Waals surface area contributed by atoms with Gasteiger partial charge in [0.1, 0.15) is 0 Å². The van der Waals surface area contributed by atoms with Crippen LogP contribution in [-0.2, 0) is 29.4 Å². The number of rotatable bonds is 7. The number of pyridine rings is 1. The topological polar surface area (TPSA) is 81.1 Å². The lowest BCUT2D eigenvalue weighted by molar-refractivity contribution is 0.103. The van der Waals surface area contributed by atoms with Crippen molar-refractivity contribution in [3.63, 3.8) is 0 Å². The Labute approximate surface area is 179 Å². The third-order valence-electron chi connectivity index (χ3n) is 4.47. The molecule has 0 unspecified atom stereocenters. The van der Waals surface area contributed by atoms with Gasteiger partial charge >= 0.3 is 0 Å². The molecule has 29 heavy (non-hydrogen) atoms. The first-order valence-corrected chi connectivity index (χ1v) is 11.1. The van der Waals surface area contributed by atoms with Gasteiger partial charge in [0.05, 0.1) is 28.0 Å². The van der Waals surface area contributed by atoms with Crippen LogP contribution in [0.15, 0.2) is 48.8 Å². The van der Waals surface area contributed by atoms with Gasteiger partial charge in [-0.2, -0.15) is 0 Å². The predicted molar refractivity (Wildman–Crippen MR) is 114 cm³/mol. The van der Waals surface area contributed by atoms with E-state index in [1.807, 2.05) is 0 Å². The second-order valence-corrected chi connectivity index (χ2v) is 9.25. The molecule has 2 aromatic heterocycles. The van der Waals surface area contributed by atoms with Crippen molar-refractivity contribution in [1.82, 2.24) is 14.3 Å². The summed E-state index contributed by atoms with van der Waals surface area (Å²) in [6.07, 6.45) is 3.10. The van der Waals surface area contributed by atoms with E-state index in [0.717, 1.165) is 5.56 Å². The molecular formula is C20H19Cl2N3O3S. The Morgan fingerprint density at radius 1 is 1.17 bits per heavy atom. The van der Waals surface area contributed by atoms with Gasteiger partial charge in [0, 0.05) is 30.7 Å². The fourth-order valence-corrected chi connectivity index (χ4v) is 4.41. The van der Waals surface area contributed by atoms with E-state index in [0.29, 0.717) is 32.6 Å². The summed E-state index contributed by atoms with van der Waals surface area (Å²) in [5, 5.41) is 0.670. The van der Waals surface area contributed by atoms with Crippen LogP contribution >= 0.6 is 23.2 Å². The zero-order valence-corrected chi connectivity index (χ0v) is 18.1. The van der Waals surface area contributed by atoms with E-state index in [4.69, 9.17) is 23.2 Å². The number of aromatic nitrogens is 2. The molecule has 0 spiro atoms. The highest BCUT2D eigenvalue weighted by atomic mass is 35.5. The van der Waals surface area contributed by atoms with E-state index < -0.39 is 10.0 Å². The van der Waals surface area contributed by atoms with Gasteiger partial charge in [0.25, 0.3) is 0 Å². The molecule has 6 nitrogen and oxygen atoms in total. The Hall–Kier alpha value is -2.19. The quantitative estimate of drug-likeness (QED) is 0.552. The van der Waals surface area contributed by atoms with Crippen molar-refractivity contribution in [3.8, 4) is 0 Å². The smallest absolute Gasteiger partial charge is 0.216 e. The highest BCUT2D eigenvalue weighted by Crippen LogP contribution is 2.25. The van der Waals surface area contributed by atoms with Crippen LogP contribution in [0.25, 0.3) is 0 Å². The number of carbonyl (C=O) groups is 1. The third-order valence-corrected chi connectivity index (χ3v) is 6.51. The molecule has 1 N–H and O–H groups in total. The molecule has 2 heterocycles. The minimum atomic E-state index is -3.56. The van der Waals surface area contributed by atoms with Crippen LogP contribution in [0.1, 0.15) is 32.9 Å².